The van der Waals surface area contributed by atoms with E-state index in [4.69, 9.17) is 10.5 Å². The predicted molar refractivity (Wildman–Crippen MR) is 96.1 cm³/mol. The molecule has 1 aromatic heterocycles. The summed E-state index contributed by atoms with van der Waals surface area (Å²) >= 11 is 0. The number of nitrogens with one attached hydrogen (secondary N) is 2. The number of aliphatic hydroxyl groups excluding tert-OH is 1. The Hall–Kier alpha value is -2.80. The van der Waals surface area contributed by atoms with Crippen LogP contribution in [0.4, 0.5) is 0 Å². The van der Waals surface area contributed by atoms with Crippen molar-refractivity contribution in [3.05, 3.63) is 42.4 Å². The number of hydrogen-bond acceptors (Lipinski definition) is 6. The minimum Gasteiger partial charge on any atom is -0.387 e. The molecule has 7 heteroatoms. The van der Waals surface area contributed by atoms with Crippen molar-refractivity contribution in [3.63, 3.8) is 0 Å². The van der Waals surface area contributed by atoms with Crippen molar-refractivity contribution in [2.75, 3.05) is 19.7 Å². The smallest absolute Gasteiger partial charge is 0.248 e. The third kappa shape index (κ3) is 4.00. The SMILES string of the molecule is N=C/C(=C\NC1CCN(C(=O)CO)CC1)c1cnc2ccccc2n1. The molecule has 0 aliphatic carbocycles. The van der Waals surface area contributed by atoms with Crippen molar-refractivity contribution in [2.24, 2.45) is 0 Å². The largest absolute Gasteiger partial charge is 0.387 e. The fraction of sp³-hybridized carbons (Fsp3) is 0.333. The number of fused-ring (bicyclic) bond motifs is 1. The Kier molecular flexibility index (Phi) is 5.35. The van der Waals surface area contributed by atoms with Crippen LogP contribution < -0.4 is 5.32 Å². The van der Waals surface area contributed by atoms with Gasteiger partial charge in [-0.3, -0.25) is 9.78 Å². The zero-order valence-corrected chi connectivity index (χ0v) is 13.9. The van der Waals surface area contributed by atoms with E-state index in [-0.39, 0.29) is 11.9 Å². The Labute approximate surface area is 145 Å². The van der Waals surface area contributed by atoms with E-state index >= 15 is 0 Å². The topological polar surface area (TPSA) is 102 Å². The van der Waals surface area contributed by atoms with Gasteiger partial charge in [-0.25, -0.2) is 4.98 Å². The molecule has 0 spiro atoms. The molecule has 130 valence electrons. The van der Waals surface area contributed by atoms with E-state index in [1.807, 2.05) is 24.3 Å². The third-order valence-corrected chi connectivity index (χ3v) is 4.36. The molecular weight excluding hydrogens is 318 g/mol. The number of amides is 1. The number of nitrogens with zero attached hydrogens (tertiary/aromatic N) is 3. The van der Waals surface area contributed by atoms with Crippen LogP contribution >= 0.6 is 0 Å². The number of likely N-dealkylation sites (tertiary alicyclic amines) is 1. The second kappa shape index (κ2) is 7.85. The van der Waals surface area contributed by atoms with Gasteiger partial charge in [0.25, 0.3) is 0 Å². The Bertz CT molecular complexity index is 797. The van der Waals surface area contributed by atoms with Crippen LogP contribution in [0.1, 0.15) is 18.5 Å². The van der Waals surface area contributed by atoms with Gasteiger partial charge in [0.05, 0.1) is 22.9 Å². The average molecular weight is 339 g/mol. The molecule has 0 atom stereocenters. The van der Waals surface area contributed by atoms with Crippen LogP contribution in [0.3, 0.4) is 0 Å². The lowest BCUT2D eigenvalue weighted by Crippen LogP contribution is -2.44. The van der Waals surface area contributed by atoms with E-state index in [1.54, 1.807) is 17.3 Å². The summed E-state index contributed by atoms with van der Waals surface area (Å²) in [5, 5.41) is 19.9. The maximum atomic E-state index is 11.5. The molecule has 0 radical (unpaired) electrons. The fourth-order valence-electron chi connectivity index (χ4n) is 2.89. The Morgan fingerprint density at radius 3 is 2.72 bits per heavy atom. The maximum Gasteiger partial charge on any atom is 0.248 e. The lowest BCUT2D eigenvalue weighted by Gasteiger charge is -2.31. The Morgan fingerprint density at radius 2 is 2.04 bits per heavy atom. The number of para-hydroxylation sites is 2. The summed E-state index contributed by atoms with van der Waals surface area (Å²) in [6.07, 6.45) is 6.33. The van der Waals surface area contributed by atoms with Crippen molar-refractivity contribution in [3.8, 4) is 0 Å². The highest BCUT2D eigenvalue weighted by atomic mass is 16.3. The van der Waals surface area contributed by atoms with Gasteiger partial charge < -0.3 is 20.7 Å². The first-order valence-corrected chi connectivity index (χ1v) is 8.28. The quantitative estimate of drug-likeness (QED) is 0.710. The maximum absolute atomic E-state index is 11.5. The Balaban J connectivity index is 1.66. The number of allylic oxidation sites excluding steroid dienone is 1. The number of aromatic nitrogens is 2. The summed E-state index contributed by atoms with van der Waals surface area (Å²) < 4.78 is 0. The number of piperidine rings is 1. The molecule has 2 aromatic rings. The van der Waals surface area contributed by atoms with Crippen molar-refractivity contribution in [2.45, 2.75) is 18.9 Å². The zero-order chi connectivity index (χ0) is 17.6. The van der Waals surface area contributed by atoms with E-state index in [2.05, 4.69) is 15.3 Å². The van der Waals surface area contributed by atoms with Crippen molar-refractivity contribution in [1.29, 1.82) is 5.41 Å². The van der Waals surface area contributed by atoms with E-state index in [0.717, 1.165) is 23.9 Å². The van der Waals surface area contributed by atoms with Gasteiger partial charge in [-0.2, -0.15) is 0 Å². The molecular formula is C18H21N5O2. The highest BCUT2D eigenvalue weighted by Gasteiger charge is 2.21. The van der Waals surface area contributed by atoms with Crippen molar-refractivity contribution >= 4 is 28.7 Å². The number of carbonyl (C=O) groups excluding carboxylic acids is 1. The molecule has 1 saturated heterocycles. The summed E-state index contributed by atoms with van der Waals surface area (Å²) in [4.78, 5) is 22.1. The van der Waals surface area contributed by atoms with Gasteiger partial charge >= 0.3 is 0 Å². The summed E-state index contributed by atoms with van der Waals surface area (Å²) in [5.41, 5.74) is 2.93. The van der Waals surface area contributed by atoms with Crippen LogP contribution in [0.2, 0.25) is 0 Å². The molecule has 1 aliphatic heterocycles. The second-order valence-corrected chi connectivity index (χ2v) is 5.97. The molecule has 1 fully saturated rings. The molecule has 1 amide bonds. The first-order valence-electron chi connectivity index (χ1n) is 8.28. The number of rotatable bonds is 5. The minimum absolute atomic E-state index is 0.222. The van der Waals surface area contributed by atoms with E-state index in [9.17, 15) is 4.79 Å². The number of aliphatic hydroxyl groups is 1. The predicted octanol–water partition coefficient (Wildman–Crippen LogP) is 1.19. The van der Waals surface area contributed by atoms with Gasteiger partial charge in [-0.05, 0) is 25.0 Å². The molecule has 0 bridgehead atoms. The van der Waals surface area contributed by atoms with Crippen LogP contribution in [-0.4, -0.2) is 57.8 Å². The monoisotopic (exact) mass is 339 g/mol. The summed E-state index contributed by atoms with van der Waals surface area (Å²) in [7, 11) is 0. The third-order valence-electron chi connectivity index (χ3n) is 4.36. The van der Waals surface area contributed by atoms with Crippen LogP contribution in [0.15, 0.2) is 36.7 Å². The van der Waals surface area contributed by atoms with Gasteiger partial charge in [0.1, 0.15) is 6.61 Å². The average Bonchev–Trinajstić information content (AvgIpc) is 2.68. The molecule has 7 nitrogen and oxygen atoms in total. The van der Waals surface area contributed by atoms with Gasteiger partial charge in [-0.15, -0.1) is 0 Å². The van der Waals surface area contributed by atoms with Crippen LogP contribution in [-0.2, 0) is 4.79 Å². The minimum atomic E-state index is -0.434. The van der Waals surface area contributed by atoms with Gasteiger partial charge in [-0.1, -0.05) is 12.1 Å². The lowest BCUT2D eigenvalue weighted by atomic mass is 10.0. The summed E-state index contributed by atoms with van der Waals surface area (Å²) in [6, 6.07) is 7.85. The number of hydrogen-bond donors (Lipinski definition) is 3. The molecule has 0 unspecified atom stereocenters. The van der Waals surface area contributed by atoms with E-state index in [0.29, 0.717) is 24.4 Å². The zero-order valence-electron chi connectivity index (χ0n) is 13.9. The van der Waals surface area contributed by atoms with Crippen LogP contribution in [0.5, 0.6) is 0 Å². The molecule has 1 aromatic carbocycles. The number of benzene rings is 1. The first-order chi connectivity index (χ1) is 12.2. The highest BCUT2D eigenvalue weighted by molar-refractivity contribution is 6.07. The van der Waals surface area contributed by atoms with Crippen LogP contribution in [0.25, 0.3) is 16.6 Å². The summed E-state index contributed by atoms with van der Waals surface area (Å²) in [5.74, 6) is -0.222. The molecule has 1 aliphatic rings. The molecule has 25 heavy (non-hydrogen) atoms. The van der Waals surface area contributed by atoms with Crippen LogP contribution in [0, 0.1) is 5.41 Å². The van der Waals surface area contributed by atoms with Crippen molar-refractivity contribution < 1.29 is 9.90 Å². The fourth-order valence-corrected chi connectivity index (χ4v) is 2.89. The summed E-state index contributed by atoms with van der Waals surface area (Å²) in [6.45, 7) is 0.817. The normalized spacial score (nSPS) is 16.0. The second-order valence-electron chi connectivity index (χ2n) is 5.97. The lowest BCUT2D eigenvalue weighted by molar-refractivity contribution is -0.135. The standard InChI is InChI=1S/C18H21N5O2/c19-9-13(17-11-21-15-3-1-2-4-16(15)22-17)10-20-14-5-7-23(8-6-14)18(25)12-24/h1-4,9-11,14,19-20,24H,5-8,12H2/b13-10+,19-9?. The molecule has 3 rings (SSSR count). The first kappa shape index (κ1) is 17.0. The van der Waals surface area contributed by atoms with E-state index < -0.39 is 6.61 Å². The van der Waals surface area contributed by atoms with E-state index in [1.165, 1.54) is 6.21 Å². The molecule has 3 N–H and O–H groups in total. The number of carbonyl (C=O) groups is 1. The highest BCUT2D eigenvalue weighted by Crippen LogP contribution is 2.15. The Morgan fingerprint density at radius 1 is 1.32 bits per heavy atom. The van der Waals surface area contributed by atoms with Gasteiger partial charge in [0.2, 0.25) is 5.91 Å². The van der Waals surface area contributed by atoms with Crippen molar-refractivity contribution in [1.82, 2.24) is 20.2 Å². The molecule has 0 saturated carbocycles. The molecule has 2 heterocycles. The van der Waals surface area contributed by atoms with Gasteiger partial charge in [0.15, 0.2) is 0 Å². The van der Waals surface area contributed by atoms with Gasteiger partial charge in [0, 0.05) is 37.1 Å².